The van der Waals surface area contributed by atoms with E-state index < -0.39 is 17.7 Å². The van der Waals surface area contributed by atoms with Crippen LogP contribution in [0, 0.1) is 0 Å². The topological polar surface area (TPSA) is 60.7 Å². The van der Waals surface area contributed by atoms with Crippen LogP contribution in [0.25, 0.3) is 0 Å². The summed E-state index contributed by atoms with van der Waals surface area (Å²) < 4.78 is 38.5. The number of rotatable bonds is 5. The zero-order valence-corrected chi connectivity index (χ0v) is 11.7. The Hall–Kier alpha value is -2.51. The first-order chi connectivity index (χ1) is 10.3. The lowest BCUT2D eigenvalue weighted by molar-refractivity contribution is -0.137. The van der Waals surface area contributed by atoms with Gasteiger partial charge in [0.1, 0.15) is 0 Å². The van der Waals surface area contributed by atoms with Crippen molar-refractivity contribution >= 4 is 5.78 Å². The zero-order valence-electron chi connectivity index (χ0n) is 11.7. The minimum atomic E-state index is -4.45. The maximum absolute atomic E-state index is 12.8. The Labute approximate surface area is 124 Å². The lowest BCUT2D eigenvalue weighted by Gasteiger charge is -2.19. The van der Waals surface area contributed by atoms with Crippen molar-refractivity contribution in [1.29, 1.82) is 0 Å². The number of ketones is 1. The van der Waals surface area contributed by atoms with Gasteiger partial charge in [0.05, 0.1) is 12.1 Å². The summed E-state index contributed by atoms with van der Waals surface area (Å²) in [4.78, 5) is 12.8. The molecular weight excluding hydrogens is 297 g/mol. The molecule has 0 N–H and O–H groups in total. The van der Waals surface area contributed by atoms with Crippen LogP contribution in [0.5, 0.6) is 0 Å². The van der Waals surface area contributed by atoms with Crippen molar-refractivity contribution in [3.8, 4) is 0 Å². The van der Waals surface area contributed by atoms with E-state index in [0.717, 1.165) is 12.1 Å². The van der Waals surface area contributed by atoms with Gasteiger partial charge in [-0.3, -0.25) is 4.79 Å². The van der Waals surface area contributed by atoms with Crippen LogP contribution in [0.2, 0.25) is 0 Å². The van der Waals surface area contributed by atoms with E-state index in [1.807, 2.05) is 0 Å². The highest BCUT2D eigenvalue weighted by Gasteiger charge is 2.31. The lowest BCUT2D eigenvalue weighted by Crippen LogP contribution is -2.18. The van der Waals surface area contributed by atoms with E-state index in [1.54, 1.807) is 0 Å². The quantitative estimate of drug-likeness (QED) is 0.797. The van der Waals surface area contributed by atoms with Crippen LogP contribution in [0.1, 0.15) is 24.0 Å². The van der Waals surface area contributed by atoms with Crippen molar-refractivity contribution in [3.63, 3.8) is 0 Å². The van der Waals surface area contributed by atoms with Gasteiger partial charge in [0.15, 0.2) is 12.1 Å². The fraction of sp³-hybridized carbons (Fsp3) is 0.286. The molecule has 2 aromatic rings. The molecule has 22 heavy (non-hydrogen) atoms. The molecule has 1 heterocycles. The van der Waals surface area contributed by atoms with Crippen LogP contribution in [0.3, 0.4) is 0 Å². The molecule has 0 fully saturated rings. The third kappa shape index (κ3) is 3.57. The monoisotopic (exact) mass is 310 g/mol. The molecular formula is C14H13F3N4O. The normalized spacial score (nSPS) is 12.9. The summed E-state index contributed by atoms with van der Waals surface area (Å²) in [7, 11) is 0. The first kappa shape index (κ1) is 15.9. The van der Waals surface area contributed by atoms with E-state index in [9.17, 15) is 18.0 Å². The number of aromatic nitrogens is 4. The summed E-state index contributed by atoms with van der Waals surface area (Å²) >= 11 is 0. The third-order valence-electron chi connectivity index (χ3n) is 3.23. The van der Waals surface area contributed by atoms with E-state index in [0.29, 0.717) is 5.56 Å². The second kappa shape index (κ2) is 6.08. The van der Waals surface area contributed by atoms with Crippen molar-refractivity contribution in [2.75, 3.05) is 0 Å². The maximum Gasteiger partial charge on any atom is 0.416 e. The summed E-state index contributed by atoms with van der Waals surface area (Å²) in [6, 6.07) is 4.80. The Bertz CT molecular complexity index is 680. The standard InChI is InChI=1S/C14H13F3N4O/c1-9(10(2)22)13(7-21-19-8-18-20-21)11-4-3-5-12(6-11)14(15,16)17/h3-6,8,13H,1,7H2,2H3. The van der Waals surface area contributed by atoms with Gasteiger partial charge in [0.2, 0.25) is 0 Å². The Morgan fingerprint density at radius 3 is 2.68 bits per heavy atom. The summed E-state index contributed by atoms with van der Waals surface area (Å²) in [5.74, 6) is -0.962. The summed E-state index contributed by atoms with van der Waals surface area (Å²) in [6.07, 6.45) is -3.25. The molecule has 0 radical (unpaired) electrons. The van der Waals surface area contributed by atoms with Gasteiger partial charge in [0, 0.05) is 5.92 Å². The Kier molecular flexibility index (Phi) is 4.39. The largest absolute Gasteiger partial charge is 0.416 e. The number of hydrogen-bond acceptors (Lipinski definition) is 4. The van der Waals surface area contributed by atoms with Crippen molar-refractivity contribution in [1.82, 2.24) is 20.2 Å². The lowest BCUT2D eigenvalue weighted by atomic mass is 9.89. The number of nitrogens with zero attached hydrogens (tertiary/aromatic N) is 4. The molecule has 0 bridgehead atoms. The van der Waals surface area contributed by atoms with Crippen LogP contribution in [0.15, 0.2) is 42.7 Å². The molecule has 8 heteroatoms. The van der Waals surface area contributed by atoms with Gasteiger partial charge >= 0.3 is 6.18 Å². The van der Waals surface area contributed by atoms with Gasteiger partial charge in [-0.05, 0) is 29.3 Å². The molecule has 1 unspecified atom stereocenters. The molecule has 5 nitrogen and oxygen atoms in total. The molecule has 2 rings (SSSR count). The average molecular weight is 310 g/mol. The van der Waals surface area contributed by atoms with Crippen molar-refractivity contribution in [2.45, 2.75) is 25.6 Å². The van der Waals surface area contributed by atoms with Crippen LogP contribution in [-0.2, 0) is 17.5 Å². The zero-order chi connectivity index (χ0) is 16.3. The molecule has 0 aliphatic rings. The van der Waals surface area contributed by atoms with Crippen LogP contribution in [0.4, 0.5) is 13.2 Å². The SMILES string of the molecule is C=C(C(C)=O)C(Cn1ncnn1)c1cccc(C(F)(F)F)c1. The average Bonchev–Trinajstić information content (AvgIpc) is 2.96. The number of hydrogen-bond donors (Lipinski definition) is 0. The predicted molar refractivity (Wildman–Crippen MR) is 71.8 cm³/mol. The molecule has 0 aliphatic heterocycles. The van der Waals surface area contributed by atoms with E-state index in [4.69, 9.17) is 0 Å². The number of Topliss-reactive ketones (excluding diaryl/α,β-unsaturated/α-hetero) is 1. The molecule has 1 aromatic heterocycles. The van der Waals surface area contributed by atoms with Crippen LogP contribution < -0.4 is 0 Å². The van der Waals surface area contributed by atoms with Gasteiger partial charge in [-0.15, -0.1) is 10.2 Å². The molecule has 1 aromatic carbocycles. The Balaban J connectivity index is 2.40. The maximum atomic E-state index is 12.8. The number of alkyl halides is 3. The highest BCUT2D eigenvalue weighted by molar-refractivity contribution is 5.94. The first-order valence-electron chi connectivity index (χ1n) is 6.36. The highest BCUT2D eigenvalue weighted by atomic mass is 19.4. The number of halogens is 3. The van der Waals surface area contributed by atoms with E-state index in [2.05, 4.69) is 22.0 Å². The number of carbonyl (C=O) groups is 1. The molecule has 0 saturated heterocycles. The van der Waals surface area contributed by atoms with Gasteiger partial charge in [-0.25, -0.2) is 0 Å². The minimum absolute atomic E-state index is 0.0831. The first-order valence-corrected chi connectivity index (χ1v) is 6.36. The fourth-order valence-corrected chi connectivity index (χ4v) is 2.03. The number of benzene rings is 1. The smallest absolute Gasteiger partial charge is 0.295 e. The predicted octanol–water partition coefficient (Wildman–Crippen LogP) is 2.62. The van der Waals surface area contributed by atoms with Gasteiger partial charge < -0.3 is 0 Å². The van der Waals surface area contributed by atoms with Gasteiger partial charge in [-0.2, -0.15) is 18.0 Å². The van der Waals surface area contributed by atoms with Crippen molar-refractivity contribution in [3.05, 3.63) is 53.9 Å². The van der Waals surface area contributed by atoms with Crippen molar-refractivity contribution in [2.24, 2.45) is 0 Å². The van der Waals surface area contributed by atoms with Crippen LogP contribution >= 0.6 is 0 Å². The molecule has 0 saturated carbocycles. The van der Waals surface area contributed by atoms with Gasteiger partial charge in [0.25, 0.3) is 0 Å². The van der Waals surface area contributed by atoms with E-state index in [-0.39, 0.29) is 17.9 Å². The summed E-state index contributed by atoms with van der Waals surface area (Å²) in [6.45, 7) is 5.08. The fourth-order valence-electron chi connectivity index (χ4n) is 2.03. The molecule has 0 amide bonds. The number of allylic oxidation sites excluding steroid dienone is 1. The van der Waals surface area contributed by atoms with E-state index in [1.165, 1.54) is 30.2 Å². The third-order valence-corrected chi connectivity index (χ3v) is 3.23. The number of tetrazole rings is 1. The van der Waals surface area contributed by atoms with Crippen LogP contribution in [-0.4, -0.2) is 26.0 Å². The molecule has 0 aliphatic carbocycles. The highest BCUT2D eigenvalue weighted by Crippen LogP contribution is 2.33. The second-order valence-electron chi connectivity index (χ2n) is 4.75. The van der Waals surface area contributed by atoms with Crippen molar-refractivity contribution < 1.29 is 18.0 Å². The molecule has 116 valence electrons. The molecule has 0 spiro atoms. The minimum Gasteiger partial charge on any atom is -0.295 e. The molecule has 1 atom stereocenters. The second-order valence-corrected chi connectivity index (χ2v) is 4.75. The van der Waals surface area contributed by atoms with E-state index >= 15 is 0 Å². The summed E-state index contributed by atoms with van der Waals surface area (Å²) in [5.41, 5.74) is -0.262. The Morgan fingerprint density at radius 2 is 2.14 bits per heavy atom. The summed E-state index contributed by atoms with van der Waals surface area (Å²) in [5, 5.41) is 11.0. The number of carbonyl (C=O) groups excluding carboxylic acids is 1. The Morgan fingerprint density at radius 1 is 1.41 bits per heavy atom. The van der Waals surface area contributed by atoms with Gasteiger partial charge in [-0.1, -0.05) is 24.8 Å².